The molecule has 132 valence electrons. The maximum absolute atomic E-state index is 12.6. The number of carbonyl (C=O) groups excluding carboxylic acids is 1. The number of nitrogens with zero attached hydrogens (tertiary/aromatic N) is 2. The van der Waals surface area contributed by atoms with Crippen LogP contribution in [0.15, 0.2) is 30.6 Å². The number of aromatic nitrogens is 2. The molecule has 0 atom stereocenters. The number of ether oxygens (including phenoxy) is 1. The minimum absolute atomic E-state index is 0.243. The molecule has 7 heteroatoms. The average Bonchev–Trinajstić information content (AvgIpc) is 2.63. The van der Waals surface area contributed by atoms with Gasteiger partial charge in [0.1, 0.15) is 5.82 Å². The van der Waals surface area contributed by atoms with Gasteiger partial charge in [-0.05, 0) is 37.5 Å². The maximum Gasteiger partial charge on any atom is 0.252 e. The summed E-state index contributed by atoms with van der Waals surface area (Å²) in [5, 5.41) is 3.63. The first-order valence-electron chi connectivity index (χ1n) is 8.11. The standard InChI is InChI=1S/C18H19Cl2N3O2/c1-12-21-9-13(10-22-12)18(5-7-25-8-6-18)11-23-17(24)14-3-2-4-15(19)16(14)20/h2-4,9-10H,5-8,11H2,1H3,(H,23,24). The van der Waals surface area contributed by atoms with Crippen molar-refractivity contribution in [2.24, 2.45) is 0 Å². The fourth-order valence-electron chi connectivity index (χ4n) is 3.02. The van der Waals surface area contributed by atoms with Crippen LogP contribution in [0.25, 0.3) is 0 Å². The molecule has 1 aliphatic heterocycles. The van der Waals surface area contributed by atoms with Gasteiger partial charge in [-0.15, -0.1) is 0 Å². The van der Waals surface area contributed by atoms with Crippen LogP contribution in [-0.4, -0.2) is 35.6 Å². The predicted octanol–water partition coefficient (Wildman–Crippen LogP) is 3.57. The minimum Gasteiger partial charge on any atom is -0.381 e. The van der Waals surface area contributed by atoms with Gasteiger partial charge < -0.3 is 10.1 Å². The molecule has 5 nitrogen and oxygen atoms in total. The molecular formula is C18H19Cl2N3O2. The molecule has 0 bridgehead atoms. The molecule has 1 saturated heterocycles. The van der Waals surface area contributed by atoms with E-state index in [2.05, 4.69) is 15.3 Å². The SMILES string of the molecule is Cc1ncc(C2(CNC(=O)c3cccc(Cl)c3Cl)CCOCC2)cn1. The Bertz CT molecular complexity index is 759. The molecule has 1 aromatic heterocycles. The number of rotatable bonds is 4. The first-order chi connectivity index (χ1) is 12.0. The summed E-state index contributed by atoms with van der Waals surface area (Å²) < 4.78 is 5.50. The number of amides is 1. The Morgan fingerprint density at radius 1 is 1.24 bits per heavy atom. The van der Waals surface area contributed by atoms with Gasteiger partial charge in [-0.3, -0.25) is 4.79 Å². The highest BCUT2D eigenvalue weighted by atomic mass is 35.5. The molecule has 2 aromatic rings. The van der Waals surface area contributed by atoms with Crippen LogP contribution in [0.4, 0.5) is 0 Å². The average molecular weight is 380 g/mol. The van der Waals surface area contributed by atoms with Crippen LogP contribution < -0.4 is 5.32 Å². The summed E-state index contributed by atoms with van der Waals surface area (Å²) in [4.78, 5) is 21.2. The summed E-state index contributed by atoms with van der Waals surface area (Å²) in [7, 11) is 0. The summed E-state index contributed by atoms with van der Waals surface area (Å²) in [6.45, 7) is 3.59. The van der Waals surface area contributed by atoms with E-state index in [1.807, 2.05) is 19.3 Å². The van der Waals surface area contributed by atoms with Crippen LogP contribution in [-0.2, 0) is 10.2 Å². The first kappa shape index (κ1) is 18.1. The van der Waals surface area contributed by atoms with Gasteiger partial charge in [-0.2, -0.15) is 0 Å². The highest BCUT2D eigenvalue weighted by Gasteiger charge is 2.35. The van der Waals surface area contributed by atoms with Crippen molar-refractivity contribution in [1.82, 2.24) is 15.3 Å². The van der Waals surface area contributed by atoms with Crippen LogP contribution in [0.3, 0.4) is 0 Å². The number of hydrogen-bond acceptors (Lipinski definition) is 4. The van der Waals surface area contributed by atoms with Gasteiger partial charge in [-0.25, -0.2) is 9.97 Å². The molecule has 0 unspecified atom stereocenters. The molecule has 3 rings (SSSR count). The van der Waals surface area contributed by atoms with Crippen molar-refractivity contribution in [1.29, 1.82) is 0 Å². The largest absolute Gasteiger partial charge is 0.381 e. The Morgan fingerprint density at radius 3 is 2.60 bits per heavy atom. The molecule has 0 saturated carbocycles. The molecular weight excluding hydrogens is 361 g/mol. The molecule has 0 aliphatic carbocycles. The Labute approximate surface area is 156 Å². The zero-order valence-electron chi connectivity index (χ0n) is 13.9. The summed E-state index contributed by atoms with van der Waals surface area (Å²) in [5.74, 6) is 0.479. The molecule has 2 heterocycles. The summed E-state index contributed by atoms with van der Waals surface area (Å²) >= 11 is 12.1. The van der Waals surface area contributed by atoms with Crippen LogP contribution in [0.5, 0.6) is 0 Å². The minimum atomic E-state index is -0.244. The second-order valence-corrected chi connectivity index (χ2v) is 6.98. The van der Waals surface area contributed by atoms with E-state index in [0.29, 0.717) is 30.3 Å². The van der Waals surface area contributed by atoms with Crippen LogP contribution in [0.1, 0.15) is 34.6 Å². The van der Waals surface area contributed by atoms with Crippen molar-refractivity contribution in [3.05, 3.63) is 57.6 Å². The molecule has 1 amide bonds. The van der Waals surface area contributed by atoms with Crippen molar-refractivity contribution in [2.75, 3.05) is 19.8 Å². The fourth-order valence-corrected chi connectivity index (χ4v) is 3.41. The molecule has 1 aromatic carbocycles. The number of aryl methyl sites for hydroxylation is 1. The smallest absolute Gasteiger partial charge is 0.252 e. The number of halogens is 2. The number of carbonyl (C=O) groups is 1. The van der Waals surface area contributed by atoms with Gasteiger partial charge in [0.15, 0.2) is 0 Å². The van der Waals surface area contributed by atoms with Crippen molar-refractivity contribution >= 4 is 29.1 Å². The molecule has 0 radical (unpaired) electrons. The van der Waals surface area contributed by atoms with Gasteiger partial charge >= 0.3 is 0 Å². The lowest BCUT2D eigenvalue weighted by atomic mass is 9.75. The van der Waals surface area contributed by atoms with Crippen LogP contribution >= 0.6 is 23.2 Å². The number of hydrogen-bond donors (Lipinski definition) is 1. The highest BCUT2D eigenvalue weighted by Crippen LogP contribution is 2.34. The number of nitrogens with one attached hydrogen (secondary N) is 1. The molecule has 0 spiro atoms. The third-order valence-electron chi connectivity index (χ3n) is 4.63. The lowest BCUT2D eigenvalue weighted by Gasteiger charge is -2.37. The lowest BCUT2D eigenvalue weighted by Crippen LogP contribution is -2.44. The van der Waals surface area contributed by atoms with E-state index >= 15 is 0 Å². The van der Waals surface area contributed by atoms with E-state index < -0.39 is 0 Å². The summed E-state index contributed by atoms with van der Waals surface area (Å²) in [5.41, 5.74) is 1.14. The van der Waals surface area contributed by atoms with E-state index in [1.165, 1.54) is 0 Å². The number of benzene rings is 1. The van der Waals surface area contributed by atoms with Gasteiger partial charge in [0.05, 0.1) is 15.6 Å². The maximum atomic E-state index is 12.6. The van der Waals surface area contributed by atoms with Crippen LogP contribution in [0, 0.1) is 6.92 Å². The van der Waals surface area contributed by atoms with Crippen molar-refractivity contribution < 1.29 is 9.53 Å². The Hall–Kier alpha value is -1.69. The molecule has 25 heavy (non-hydrogen) atoms. The van der Waals surface area contributed by atoms with Crippen LogP contribution in [0.2, 0.25) is 10.0 Å². The summed E-state index contributed by atoms with van der Waals surface area (Å²) in [6.07, 6.45) is 5.27. The zero-order valence-corrected chi connectivity index (χ0v) is 15.4. The second kappa shape index (κ2) is 7.68. The van der Waals surface area contributed by atoms with Crippen molar-refractivity contribution in [3.63, 3.8) is 0 Å². The third-order valence-corrected chi connectivity index (χ3v) is 5.45. The topological polar surface area (TPSA) is 64.1 Å². The second-order valence-electron chi connectivity index (χ2n) is 6.20. The quantitative estimate of drug-likeness (QED) is 0.881. The van der Waals surface area contributed by atoms with Gasteiger partial charge in [0.2, 0.25) is 0 Å². The summed E-state index contributed by atoms with van der Waals surface area (Å²) in [6, 6.07) is 5.03. The lowest BCUT2D eigenvalue weighted by molar-refractivity contribution is 0.0485. The fraction of sp³-hybridized carbons (Fsp3) is 0.389. The van der Waals surface area contributed by atoms with Gasteiger partial charge in [-0.1, -0.05) is 29.3 Å². The molecule has 1 fully saturated rings. The zero-order chi connectivity index (χ0) is 17.9. The third kappa shape index (κ3) is 3.94. The van der Waals surface area contributed by atoms with E-state index in [9.17, 15) is 4.79 Å². The highest BCUT2D eigenvalue weighted by molar-refractivity contribution is 6.43. The van der Waals surface area contributed by atoms with E-state index in [-0.39, 0.29) is 16.3 Å². The van der Waals surface area contributed by atoms with Gasteiger partial charge in [0.25, 0.3) is 5.91 Å². The van der Waals surface area contributed by atoms with Crippen molar-refractivity contribution in [2.45, 2.75) is 25.2 Å². The van der Waals surface area contributed by atoms with E-state index in [0.717, 1.165) is 24.2 Å². The Morgan fingerprint density at radius 2 is 1.92 bits per heavy atom. The monoisotopic (exact) mass is 379 g/mol. The molecule has 1 N–H and O–H groups in total. The molecule has 1 aliphatic rings. The Kier molecular flexibility index (Phi) is 5.57. The first-order valence-corrected chi connectivity index (χ1v) is 8.86. The predicted molar refractivity (Wildman–Crippen MR) is 97.3 cm³/mol. The normalized spacial score (nSPS) is 16.4. The van der Waals surface area contributed by atoms with E-state index in [1.54, 1.807) is 18.2 Å². The van der Waals surface area contributed by atoms with Gasteiger partial charge in [0, 0.05) is 37.6 Å². The van der Waals surface area contributed by atoms with E-state index in [4.69, 9.17) is 27.9 Å². The van der Waals surface area contributed by atoms with Crippen molar-refractivity contribution in [3.8, 4) is 0 Å². The Balaban J connectivity index is 1.80.